The lowest BCUT2D eigenvalue weighted by atomic mass is 10.1. The molecule has 3 heteroatoms. The maximum absolute atomic E-state index is 5.55. The first-order valence-electron chi connectivity index (χ1n) is 5.61. The summed E-state index contributed by atoms with van der Waals surface area (Å²) in [6.45, 7) is 4.92. The molecule has 0 bridgehead atoms. The zero-order valence-electron chi connectivity index (χ0n) is 9.94. The Balaban J connectivity index is 2.49. The van der Waals surface area contributed by atoms with Crippen molar-refractivity contribution in [2.24, 2.45) is 0 Å². The number of aromatic nitrogens is 1. The molecule has 0 fully saturated rings. The van der Waals surface area contributed by atoms with Gasteiger partial charge >= 0.3 is 0 Å². The molecular formula is C14H16N2O. The predicted molar refractivity (Wildman–Crippen MR) is 70.2 cm³/mol. The topological polar surface area (TPSA) is 34.1 Å². The van der Waals surface area contributed by atoms with Gasteiger partial charge in [-0.25, -0.2) is 4.98 Å². The summed E-state index contributed by atoms with van der Waals surface area (Å²) in [6.07, 6.45) is 3.58. The van der Waals surface area contributed by atoms with Crippen molar-refractivity contribution in [2.75, 3.05) is 13.7 Å². The number of hydrogen-bond donors (Lipinski definition) is 1. The molecule has 1 aromatic carbocycles. The number of benzene rings is 1. The summed E-state index contributed by atoms with van der Waals surface area (Å²) in [4.78, 5) is 4.35. The molecule has 88 valence electrons. The van der Waals surface area contributed by atoms with E-state index in [-0.39, 0.29) is 0 Å². The van der Waals surface area contributed by atoms with Crippen molar-refractivity contribution in [2.45, 2.75) is 6.54 Å². The molecule has 0 aliphatic carbocycles. The van der Waals surface area contributed by atoms with Gasteiger partial charge in [-0.1, -0.05) is 30.9 Å². The van der Waals surface area contributed by atoms with E-state index in [1.165, 1.54) is 10.9 Å². The summed E-state index contributed by atoms with van der Waals surface area (Å²) in [5.41, 5.74) is 1.18. The Labute approximate surface area is 101 Å². The number of nitrogens with zero attached hydrogens (tertiary/aromatic N) is 1. The Kier molecular flexibility index (Phi) is 3.73. The maximum Gasteiger partial charge on any atom is 0.221 e. The van der Waals surface area contributed by atoms with Crippen LogP contribution in [0.2, 0.25) is 0 Å². The van der Waals surface area contributed by atoms with Crippen molar-refractivity contribution in [1.29, 1.82) is 0 Å². The molecular weight excluding hydrogens is 212 g/mol. The van der Waals surface area contributed by atoms with Gasteiger partial charge in [-0.05, 0) is 24.1 Å². The maximum atomic E-state index is 5.55. The van der Waals surface area contributed by atoms with Crippen molar-refractivity contribution in [3.63, 3.8) is 0 Å². The van der Waals surface area contributed by atoms with Crippen molar-refractivity contribution in [3.8, 4) is 5.88 Å². The van der Waals surface area contributed by atoms with Crippen molar-refractivity contribution < 1.29 is 4.74 Å². The average Bonchev–Trinajstić information content (AvgIpc) is 2.38. The fourth-order valence-electron chi connectivity index (χ4n) is 1.81. The summed E-state index contributed by atoms with van der Waals surface area (Å²) in [5.74, 6) is 0.667. The first-order chi connectivity index (χ1) is 8.36. The van der Waals surface area contributed by atoms with E-state index in [0.29, 0.717) is 12.5 Å². The molecule has 1 heterocycles. The minimum atomic E-state index is 0.475. The van der Waals surface area contributed by atoms with Crippen LogP contribution in [0.5, 0.6) is 5.88 Å². The van der Waals surface area contributed by atoms with E-state index >= 15 is 0 Å². The molecule has 2 rings (SSSR count). The largest absolute Gasteiger partial charge is 0.473 e. The van der Waals surface area contributed by atoms with Crippen molar-refractivity contribution in [1.82, 2.24) is 10.3 Å². The Morgan fingerprint density at radius 3 is 2.82 bits per heavy atom. The highest BCUT2D eigenvalue weighted by Crippen LogP contribution is 2.25. The molecule has 2 aromatic rings. The number of nitrogens with one attached hydrogen (secondary N) is 1. The standard InChI is InChI=1S/C14H16N2O/c1-3-8-17-14-13-7-5-4-6-12(13)11(9-15-2)10-16-14/h3-7,10,15H,1,8-9H2,2H3. The third-order valence-corrected chi connectivity index (χ3v) is 2.55. The molecule has 0 saturated heterocycles. The van der Waals surface area contributed by atoms with Crippen LogP contribution in [0.3, 0.4) is 0 Å². The summed E-state index contributed by atoms with van der Waals surface area (Å²) in [7, 11) is 1.93. The highest BCUT2D eigenvalue weighted by atomic mass is 16.5. The van der Waals surface area contributed by atoms with Crippen LogP contribution in [0.1, 0.15) is 5.56 Å². The quantitative estimate of drug-likeness (QED) is 0.798. The third kappa shape index (κ3) is 2.45. The molecule has 0 spiro atoms. The average molecular weight is 228 g/mol. The van der Waals surface area contributed by atoms with Crippen molar-refractivity contribution in [3.05, 3.63) is 48.7 Å². The van der Waals surface area contributed by atoms with Gasteiger partial charge in [-0.3, -0.25) is 0 Å². The van der Waals surface area contributed by atoms with E-state index in [4.69, 9.17) is 4.74 Å². The number of pyridine rings is 1. The molecule has 0 aliphatic rings. The zero-order valence-corrected chi connectivity index (χ0v) is 9.94. The van der Waals surface area contributed by atoms with Crippen LogP contribution >= 0.6 is 0 Å². The van der Waals surface area contributed by atoms with E-state index in [2.05, 4.69) is 22.9 Å². The minimum absolute atomic E-state index is 0.475. The second kappa shape index (κ2) is 5.46. The molecule has 0 atom stereocenters. The van der Waals surface area contributed by atoms with Crippen LogP contribution in [-0.4, -0.2) is 18.6 Å². The molecule has 17 heavy (non-hydrogen) atoms. The van der Waals surface area contributed by atoms with Crippen LogP contribution in [0.25, 0.3) is 10.8 Å². The summed E-state index contributed by atoms with van der Waals surface area (Å²) in [5, 5.41) is 5.36. The highest BCUT2D eigenvalue weighted by Gasteiger charge is 2.06. The molecule has 0 unspecified atom stereocenters. The summed E-state index contributed by atoms with van der Waals surface area (Å²) >= 11 is 0. The normalized spacial score (nSPS) is 10.4. The minimum Gasteiger partial charge on any atom is -0.473 e. The van der Waals surface area contributed by atoms with E-state index in [9.17, 15) is 0 Å². The van der Waals surface area contributed by atoms with Gasteiger partial charge in [0.25, 0.3) is 0 Å². The van der Waals surface area contributed by atoms with Gasteiger partial charge in [0.05, 0.1) is 0 Å². The summed E-state index contributed by atoms with van der Waals surface area (Å²) < 4.78 is 5.55. The molecule has 0 amide bonds. The van der Waals surface area contributed by atoms with Crippen LogP contribution in [0.4, 0.5) is 0 Å². The predicted octanol–water partition coefficient (Wildman–Crippen LogP) is 2.52. The fraction of sp³-hybridized carbons (Fsp3) is 0.214. The molecule has 1 aromatic heterocycles. The highest BCUT2D eigenvalue weighted by molar-refractivity contribution is 5.89. The van der Waals surface area contributed by atoms with E-state index in [1.807, 2.05) is 31.4 Å². The zero-order chi connectivity index (χ0) is 12.1. The van der Waals surface area contributed by atoms with Crippen LogP contribution < -0.4 is 10.1 Å². The molecule has 3 nitrogen and oxygen atoms in total. The number of hydrogen-bond acceptors (Lipinski definition) is 3. The second-order valence-corrected chi connectivity index (χ2v) is 3.76. The van der Waals surface area contributed by atoms with Crippen LogP contribution in [0, 0.1) is 0 Å². The van der Waals surface area contributed by atoms with E-state index in [1.54, 1.807) is 6.08 Å². The van der Waals surface area contributed by atoms with Gasteiger partial charge in [0, 0.05) is 18.1 Å². The second-order valence-electron chi connectivity index (χ2n) is 3.76. The lowest BCUT2D eigenvalue weighted by Crippen LogP contribution is -2.07. The van der Waals surface area contributed by atoms with Gasteiger partial charge in [0.1, 0.15) is 6.61 Å². The Morgan fingerprint density at radius 1 is 1.35 bits per heavy atom. The van der Waals surface area contributed by atoms with Gasteiger partial charge in [-0.15, -0.1) is 0 Å². The van der Waals surface area contributed by atoms with E-state index < -0.39 is 0 Å². The smallest absolute Gasteiger partial charge is 0.221 e. The first kappa shape index (κ1) is 11.6. The van der Waals surface area contributed by atoms with Crippen molar-refractivity contribution >= 4 is 10.8 Å². The first-order valence-corrected chi connectivity index (χ1v) is 5.61. The van der Waals surface area contributed by atoms with Crippen LogP contribution in [-0.2, 0) is 6.54 Å². The lowest BCUT2D eigenvalue weighted by Gasteiger charge is -2.10. The molecule has 1 N–H and O–H groups in total. The number of ether oxygens (including phenoxy) is 1. The van der Waals surface area contributed by atoms with Gasteiger partial charge < -0.3 is 10.1 Å². The van der Waals surface area contributed by atoms with Gasteiger partial charge in [0.15, 0.2) is 0 Å². The van der Waals surface area contributed by atoms with Gasteiger partial charge in [-0.2, -0.15) is 0 Å². The lowest BCUT2D eigenvalue weighted by molar-refractivity contribution is 0.353. The Bertz CT molecular complexity index is 523. The van der Waals surface area contributed by atoms with Crippen LogP contribution in [0.15, 0.2) is 43.1 Å². The number of rotatable bonds is 5. The Hall–Kier alpha value is -1.87. The van der Waals surface area contributed by atoms with E-state index in [0.717, 1.165) is 11.9 Å². The molecule has 0 aliphatic heterocycles. The Morgan fingerprint density at radius 2 is 2.12 bits per heavy atom. The third-order valence-electron chi connectivity index (χ3n) is 2.55. The number of fused-ring (bicyclic) bond motifs is 1. The summed E-state index contributed by atoms with van der Waals surface area (Å²) in [6, 6.07) is 8.14. The molecule has 0 saturated carbocycles. The fourth-order valence-corrected chi connectivity index (χ4v) is 1.81. The monoisotopic (exact) mass is 228 g/mol. The SMILES string of the molecule is C=CCOc1ncc(CNC)c2ccccc12. The van der Waals surface area contributed by atoms with Gasteiger partial charge in [0.2, 0.25) is 5.88 Å². The molecule has 0 radical (unpaired) electrons.